The number of anilines is 1. The van der Waals surface area contributed by atoms with Gasteiger partial charge in [-0.1, -0.05) is 6.92 Å². The van der Waals surface area contributed by atoms with Crippen molar-refractivity contribution in [2.45, 2.75) is 19.8 Å². The van der Waals surface area contributed by atoms with Crippen molar-refractivity contribution in [3.8, 4) is 17.1 Å². The van der Waals surface area contributed by atoms with Crippen LogP contribution in [-0.4, -0.2) is 19.9 Å². The Morgan fingerprint density at radius 3 is 2.82 bits per heavy atom. The lowest BCUT2D eigenvalue weighted by Crippen LogP contribution is -1.95. The van der Waals surface area contributed by atoms with Crippen LogP contribution < -0.4 is 5.73 Å². The zero-order chi connectivity index (χ0) is 12.4. The molecule has 1 heterocycles. The maximum Gasteiger partial charge on any atom is 0.161 e. The molecule has 0 aliphatic heterocycles. The molecule has 5 heteroatoms. The molecule has 0 fully saturated rings. The van der Waals surface area contributed by atoms with Gasteiger partial charge in [0.2, 0.25) is 0 Å². The predicted molar refractivity (Wildman–Crippen MR) is 66.5 cm³/mol. The third-order valence-electron chi connectivity index (χ3n) is 2.54. The number of aryl methyl sites for hydroxylation is 2. The van der Waals surface area contributed by atoms with Gasteiger partial charge in [-0.2, -0.15) is 5.10 Å². The fourth-order valence-electron chi connectivity index (χ4n) is 1.74. The first kappa shape index (κ1) is 11.4. The molecule has 0 atom stereocenters. The number of aromatic nitrogens is 3. The van der Waals surface area contributed by atoms with E-state index < -0.39 is 0 Å². The lowest BCUT2D eigenvalue weighted by Gasteiger charge is -2.03. The Kier molecular flexibility index (Phi) is 2.99. The second-order valence-corrected chi connectivity index (χ2v) is 4.00. The summed E-state index contributed by atoms with van der Waals surface area (Å²) >= 11 is 0. The van der Waals surface area contributed by atoms with Crippen molar-refractivity contribution < 1.29 is 5.11 Å². The van der Waals surface area contributed by atoms with E-state index in [0.717, 1.165) is 18.7 Å². The van der Waals surface area contributed by atoms with Gasteiger partial charge < -0.3 is 10.8 Å². The van der Waals surface area contributed by atoms with E-state index >= 15 is 0 Å². The first-order valence-electron chi connectivity index (χ1n) is 5.60. The Labute approximate surface area is 99.9 Å². The van der Waals surface area contributed by atoms with Crippen LogP contribution >= 0.6 is 0 Å². The second-order valence-electron chi connectivity index (χ2n) is 4.00. The van der Waals surface area contributed by atoms with Gasteiger partial charge in [0, 0.05) is 25.2 Å². The topological polar surface area (TPSA) is 77.0 Å². The number of nitrogen functional groups attached to an aromatic ring is 1. The number of phenolic OH excluding ortho intramolecular Hbond substituents is 1. The normalized spacial score (nSPS) is 10.7. The molecule has 0 radical (unpaired) electrons. The molecule has 0 saturated heterocycles. The van der Waals surface area contributed by atoms with Gasteiger partial charge in [-0.15, -0.1) is 0 Å². The standard InChI is InChI=1S/C12H16N4O/c1-3-4-11-14-12(16(2)15-11)9-6-5-8(13)7-10(9)17/h5-7,17H,3-4,13H2,1-2H3. The van der Waals surface area contributed by atoms with Crippen molar-refractivity contribution in [2.75, 3.05) is 5.73 Å². The SMILES string of the molecule is CCCc1nc(-c2ccc(N)cc2O)n(C)n1. The summed E-state index contributed by atoms with van der Waals surface area (Å²) in [6.07, 6.45) is 1.83. The van der Waals surface area contributed by atoms with Crippen LogP contribution in [-0.2, 0) is 13.5 Å². The highest BCUT2D eigenvalue weighted by molar-refractivity contribution is 5.67. The van der Waals surface area contributed by atoms with Gasteiger partial charge in [0.25, 0.3) is 0 Å². The van der Waals surface area contributed by atoms with E-state index in [0.29, 0.717) is 17.1 Å². The maximum absolute atomic E-state index is 9.85. The third-order valence-corrected chi connectivity index (χ3v) is 2.54. The summed E-state index contributed by atoms with van der Waals surface area (Å²) in [5.41, 5.74) is 6.77. The number of nitrogens with two attached hydrogens (primary N) is 1. The number of hydrogen-bond acceptors (Lipinski definition) is 4. The van der Waals surface area contributed by atoms with E-state index in [-0.39, 0.29) is 5.75 Å². The molecule has 2 aromatic rings. The van der Waals surface area contributed by atoms with E-state index in [2.05, 4.69) is 17.0 Å². The number of nitrogens with zero attached hydrogens (tertiary/aromatic N) is 3. The number of hydrogen-bond donors (Lipinski definition) is 2. The van der Waals surface area contributed by atoms with Gasteiger partial charge in [-0.25, -0.2) is 9.67 Å². The summed E-state index contributed by atoms with van der Waals surface area (Å²) in [4.78, 5) is 4.41. The summed E-state index contributed by atoms with van der Waals surface area (Å²) in [6, 6.07) is 5.01. The molecule has 1 aromatic carbocycles. The smallest absolute Gasteiger partial charge is 0.161 e. The zero-order valence-electron chi connectivity index (χ0n) is 10.0. The first-order chi connectivity index (χ1) is 8.11. The summed E-state index contributed by atoms with van der Waals surface area (Å²) in [6.45, 7) is 2.08. The van der Waals surface area contributed by atoms with Crippen LogP contribution in [0.25, 0.3) is 11.4 Å². The Bertz CT molecular complexity index is 533. The minimum absolute atomic E-state index is 0.128. The monoisotopic (exact) mass is 232 g/mol. The Morgan fingerprint density at radius 1 is 1.41 bits per heavy atom. The second kappa shape index (κ2) is 4.45. The minimum atomic E-state index is 0.128. The predicted octanol–water partition coefficient (Wildman–Crippen LogP) is 1.72. The minimum Gasteiger partial charge on any atom is -0.507 e. The summed E-state index contributed by atoms with van der Waals surface area (Å²) in [5.74, 6) is 1.58. The molecular weight excluding hydrogens is 216 g/mol. The van der Waals surface area contributed by atoms with Crippen molar-refractivity contribution in [1.82, 2.24) is 14.8 Å². The van der Waals surface area contributed by atoms with E-state index in [1.54, 1.807) is 16.8 Å². The molecule has 0 unspecified atom stereocenters. The van der Waals surface area contributed by atoms with Crippen LogP contribution in [0.2, 0.25) is 0 Å². The molecule has 0 amide bonds. The molecule has 3 N–H and O–H groups in total. The van der Waals surface area contributed by atoms with Crippen molar-refractivity contribution in [3.05, 3.63) is 24.0 Å². The summed E-state index contributed by atoms with van der Waals surface area (Å²) in [7, 11) is 1.82. The highest BCUT2D eigenvalue weighted by Crippen LogP contribution is 2.29. The molecule has 0 aliphatic carbocycles. The van der Waals surface area contributed by atoms with Gasteiger partial charge >= 0.3 is 0 Å². The molecular formula is C12H16N4O. The van der Waals surface area contributed by atoms with Gasteiger partial charge in [0.05, 0.1) is 5.56 Å². The molecule has 17 heavy (non-hydrogen) atoms. The van der Waals surface area contributed by atoms with Gasteiger partial charge in [-0.05, 0) is 18.6 Å². The van der Waals surface area contributed by atoms with Crippen LogP contribution in [0.15, 0.2) is 18.2 Å². The van der Waals surface area contributed by atoms with E-state index in [9.17, 15) is 5.11 Å². The number of benzene rings is 1. The molecule has 0 bridgehead atoms. The van der Waals surface area contributed by atoms with Crippen molar-refractivity contribution in [2.24, 2.45) is 7.05 Å². The summed E-state index contributed by atoms with van der Waals surface area (Å²) < 4.78 is 1.68. The molecule has 2 rings (SSSR count). The first-order valence-corrected chi connectivity index (χ1v) is 5.60. The number of phenols is 1. The molecule has 0 aliphatic rings. The van der Waals surface area contributed by atoms with E-state index in [1.807, 2.05) is 7.05 Å². The molecule has 1 aromatic heterocycles. The van der Waals surface area contributed by atoms with E-state index in [1.165, 1.54) is 6.07 Å². The molecule has 90 valence electrons. The van der Waals surface area contributed by atoms with Crippen molar-refractivity contribution in [3.63, 3.8) is 0 Å². The largest absolute Gasteiger partial charge is 0.507 e. The van der Waals surface area contributed by atoms with Crippen LogP contribution in [0.3, 0.4) is 0 Å². The highest BCUT2D eigenvalue weighted by Gasteiger charge is 2.12. The average molecular weight is 232 g/mol. The van der Waals surface area contributed by atoms with E-state index in [4.69, 9.17) is 5.73 Å². The van der Waals surface area contributed by atoms with Gasteiger partial charge in [-0.3, -0.25) is 0 Å². The number of aromatic hydroxyl groups is 1. The van der Waals surface area contributed by atoms with Crippen LogP contribution in [0.1, 0.15) is 19.2 Å². The third kappa shape index (κ3) is 2.22. The van der Waals surface area contributed by atoms with Gasteiger partial charge in [0.15, 0.2) is 11.6 Å². The Hall–Kier alpha value is -2.04. The van der Waals surface area contributed by atoms with Crippen LogP contribution in [0, 0.1) is 0 Å². The fraction of sp³-hybridized carbons (Fsp3) is 0.333. The Morgan fingerprint density at radius 2 is 2.18 bits per heavy atom. The zero-order valence-corrected chi connectivity index (χ0v) is 10.0. The molecule has 0 spiro atoms. The highest BCUT2D eigenvalue weighted by atomic mass is 16.3. The molecule has 0 saturated carbocycles. The quantitative estimate of drug-likeness (QED) is 0.790. The van der Waals surface area contributed by atoms with Crippen molar-refractivity contribution >= 4 is 5.69 Å². The number of rotatable bonds is 3. The maximum atomic E-state index is 9.85. The molecule has 5 nitrogen and oxygen atoms in total. The van der Waals surface area contributed by atoms with Gasteiger partial charge in [0.1, 0.15) is 5.75 Å². The fourth-order valence-corrected chi connectivity index (χ4v) is 1.74. The van der Waals surface area contributed by atoms with Crippen molar-refractivity contribution in [1.29, 1.82) is 0 Å². The van der Waals surface area contributed by atoms with Crippen LogP contribution in [0.5, 0.6) is 5.75 Å². The Balaban J connectivity index is 2.45. The van der Waals surface area contributed by atoms with Crippen LogP contribution in [0.4, 0.5) is 5.69 Å². The average Bonchev–Trinajstić information content (AvgIpc) is 2.60. The lowest BCUT2D eigenvalue weighted by atomic mass is 10.1. The lowest BCUT2D eigenvalue weighted by molar-refractivity contribution is 0.476. The summed E-state index contributed by atoms with van der Waals surface area (Å²) in [5, 5.41) is 14.2.